The fourth-order valence-corrected chi connectivity index (χ4v) is 2.49. The Hall–Kier alpha value is -1.24. The molecule has 1 aromatic carbocycles. The molecule has 1 aliphatic carbocycles. The van der Waals surface area contributed by atoms with Crippen LogP contribution in [-0.2, 0) is 10.3 Å². The van der Waals surface area contributed by atoms with E-state index in [1.165, 1.54) is 6.42 Å². The second-order valence-electron chi connectivity index (χ2n) is 5.71. The van der Waals surface area contributed by atoms with E-state index < -0.39 is 5.54 Å². The highest BCUT2D eigenvalue weighted by molar-refractivity contribution is 9.10. The van der Waals surface area contributed by atoms with Gasteiger partial charge in [0.05, 0.1) is 12.7 Å². The monoisotopic (exact) mass is 351 g/mol. The first-order valence-corrected chi connectivity index (χ1v) is 7.84. The summed E-state index contributed by atoms with van der Waals surface area (Å²) in [6, 6.07) is 7.71. The first-order valence-electron chi connectivity index (χ1n) is 7.05. The molecule has 21 heavy (non-hydrogen) atoms. The van der Waals surface area contributed by atoms with Crippen molar-refractivity contribution in [1.29, 1.82) is 0 Å². The molecule has 0 aliphatic heterocycles. The summed E-state index contributed by atoms with van der Waals surface area (Å²) >= 11 is 3.43. The summed E-state index contributed by atoms with van der Waals surface area (Å²) < 4.78 is 12.1. The Balaban J connectivity index is 1.73. The van der Waals surface area contributed by atoms with Crippen molar-refractivity contribution in [2.45, 2.75) is 37.8 Å². The molecular weight excluding hydrogens is 334 g/mol. The fraction of sp³-hybridized carbons (Fsp3) is 0.467. The molecule has 6 heteroatoms. The van der Waals surface area contributed by atoms with Crippen LogP contribution in [0.2, 0.25) is 0 Å². The van der Waals surface area contributed by atoms with E-state index in [4.69, 9.17) is 15.0 Å². The number of nitrogens with zero attached hydrogens (tertiary/aromatic N) is 2. The Bertz CT molecular complexity index is 623. The van der Waals surface area contributed by atoms with Crippen LogP contribution in [0, 0.1) is 0 Å². The third-order valence-corrected chi connectivity index (χ3v) is 4.17. The van der Waals surface area contributed by atoms with Crippen molar-refractivity contribution in [2.75, 3.05) is 6.61 Å². The first kappa shape index (κ1) is 14.7. The Labute approximate surface area is 132 Å². The van der Waals surface area contributed by atoms with Crippen molar-refractivity contribution in [3.8, 4) is 11.5 Å². The molecule has 0 saturated heterocycles. The quantitative estimate of drug-likeness (QED) is 0.894. The maximum Gasteiger partial charge on any atom is 0.258 e. The van der Waals surface area contributed by atoms with E-state index in [2.05, 4.69) is 26.1 Å². The molecule has 1 unspecified atom stereocenters. The number of ether oxygens (including phenoxy) is 1. The van der Waals surface area contributed by atoms with Gasteiger partial charge in [-0.3, -0.25) is 0 Å². The van der Waals surface area contributed by atoms with Gasteiger partial charge in [0.2, 0.25) is 0 Å². The van der Waals surface area contributed by atoms with E-state index in [0.717, 1.165) is 22.9 Å². The highest BCUT2D eigenvalue weighted by Crippen LogP contribution is 2.26. The normalized spacial score (nSPS) is 18.2. The first-order chi connectivity index (χ1) is 10.0. The molecule has 112 valence electrons. The molecule has 0 bridgehead atoms. The van der Waals surface area contributed by atoms with Gasteiger partial charge in [-0.1, -0.05) is 27.2 Å². The highest BCUT2D eigenvalue weighted by atomic mass is 79.9. The molecule has 1 atom stereocenters. The summed E-state index contributed by atoms with van der Waals surface area (Å²) in [5.41, 5.74) is 6.38. The SMILES string of the molecule is CC(N)(COC1CCC1)c1noc(-c2cccc(Br)c2)n1. The number of hydrogen-bond acceptors (Lipinski definition) is 5. The molecule has 2 N–H and O–H groups in total. The van der Waals surface area contributed by atoms with E-state index in [1.54, 1.807) is 0 Å². The van der Waals surface area contributed by atoms with Gasteiger partial charge in [0, 0.05) is 10.0 Å². The number of halogens is 1. The number of nitrogens with two attached hydrogens (primary N) is 1. The van der Waals surface area contributed by atoms with Crippen LogP contribution < -0.4 is 5.73 Å². The van der Waals surface area contributed by atoms with Gasteiger partial charge in [-0.05, 0) is 44.4 Å². The maximum absolute atomic E-state index is 6.27. The van der Waals surface area contributed by atoms with Gasteiger partial charge < -0.3 is 15.0 Å². The molecule has 3 rings (SSSR count). The molecule has 1 aliphatic rings. The molecule has 1 heterocycles. The predicted molar refractivity (Wildman–Crippen MR) is 82.6 cm³/mol. The summed E-state index contributed by atoms with van der Waals surface area (Å²) in [5, 5.41) is 4.01. The molecule has 5 nitrogen and oxygen atoms in total. The van der Waals surface area contributed by atoms with Crippen molar-refractivity contribution in [3.63, 3.8) is 0 Å². The molecule has 0 amide bonds. The largest absolute Gasteiger partial charge is 0.376 e. The Kier molecular flexibility index (Phi) is 4.10. The summed E-state index contributed by atoms with van der Waals surface area (Å²) in [5.74, 6) is 0.934. The predicted octanol–water partition coefficient (Wildman–Crippen LogP) is 3.24. The third-order valence-electron chi connectivity index (χ3n) is 3.68. The van der Waals surface area contributed by atoms with Crippen LogP contribution in [0.5, 0.6) is 0 Å². The van der Waals surface area contributed by atoms with Crippen molar-refractivity contribution in [2.24, 2.45) is 5.73 Å². The van der Waals surface area contributed by atoms with Crippen molar-refractivity contribution >= 4 is 15.9 Å². The van der Waals surface area contributed by atoms with Crippen LogP contribution in [0.4, 0.5) is 0 Å². The van der Waals surface area contributed by atoms with Crippen LogP contribution in [0.15, 0.2) is 33.3 Å². The van der Waals surface area contributed by atoms with Crippen LogP contribution in [0.3, 0.4) is 0 Å². The Morgan fingerprint density at radius 1 is 1.48 bits per heavy atom. The van der Waals surface area contributed by atoms with Crippen molar-refractivity contribution in [1.82, 2.24) is 10.1 Å². The summed E-state index contributed by atoms with van der Waals surface area (Å²) in [4.78, 5) is 4.41. The Morgan fingerprint density at radius 3 is 2.95 bits per heavy atom. The van der Waals surface area contributed by atoms with E-state index in [1.807, 2.05) is 31.2 Å². The zero-order valence-corrected chi connectivity index (χ0v) is 13.5. The molecular formula is C15H18BrN3O2. The van der Waals surface area contributed by atoms with Crippen LogP contribution >= 0.6 is 15.9 Å². The average Bonchev–Trinajstić information content (AvgIpc) is 2.87. The second kappa shape index (κ2) is 5.87. The van der Waals surface area contributed by atoms with Gasteiger partial charge in [-0.2, -0.15) is 4.98 Å². The van der Waals surface area contributed by atoms with E-state index >= 15 is 0 Å². The number of benzene rings is 1. The number of aromatic nitrogens is 2. The number of rotatable bonds is 5. The molecule has 1 fully saturated rings. The summed E-state index contributed by atoms with van der Waals surface area (Å²) in [6.45, 7) is 2.26. The minimum Gasteiger partial charge on any atom is -0.376 e. The zero-order chi connectivity index (χ0) is 14.9. The van der Waals surface area contributed by atoms with Crippen LogP contribution in [0.25, 0.3) is 11.5 Å². The molecule has 1 saturated carbocycles. The maximum atomic E-state index is 6.27. The van der Waals surface area contributed by atoms with E-state index in [9.17, 15) is 0 Å². The summed E-state index contributed by atoms with van der Waals surface area (Å²) in [7, 11) is 0. The van der Waals surface area contributed by atoms with Crippen LogP contribution in [0.1, 0.15) is 32.0 Å². The van der Waals surface area contributed by atoms with Crippen molar-refractivity contribution < 1.29 is 9.26 Å². The molecule has 0 radical (unpaired) electrons. The topological polar surface area (TPSA) is 74.2 Å². The van der Waals surface area contributed by atoms with Gasteiger partial charge in [0.15, 0.2) is 5.82 Å². The molecule has 0 spiro atoms. The van der Waals surface area contributed by atoms with Gasteiger partial charge >= 0.3 is 0 Å². The molecule has 1 aromatic heterocycles. The lowest BCUT2D eigenvalue weighted by molar-refractivity contribution is -0.0222. The lowest BCUT2D eigenvalue weighted by Gasteiger charge is -2.29. The van der Waals surface area contributed by atoms with Crippen molar-refractivity contribution in [3.05, 3.63) is 34.6 Å². The second-order valence-corrected chi connectivity index (χ2v) is 6.63. The van der Waals surface area contributed by atoms with Gasteiger partial charge in [0.1, 0.15) is 5.54 Å². The van der Waals surface area contributed by atoms with Gasteiger partial charge in [-0.25, -0.2) is 0 Å². The minimum absolute atomic E-state index is 0.337. The average molecular weight is 352 g/mol. The standard InChI is InChI=1S/C15H18BrN3O2/c1-15(17,9-20-12-6-3-7-12)14-18-13(21-19-14)10-4-2-5-11(16)8-10/h2,4-5,8,12H,3,6-7,9,17H2,1H3. The Morgan fingerprint density at radius 2 is 2.29 bits per heavy atom. The van der Waals surface area contributed by atoms with Gasteiger partial charge in [0.25, 0.3) is 5.89 Å². The summed E-state index contributed by atoms with van der Waals surface area (Å²) in [6.07, 6.45) is 3.81. The lowest BCUT2D eigenvalue weighted by Crippen LogP contribution is -2.41. The third kappa shape index (κ3) is 3.33. The van der Waals surface area contributed by atoms with Gasteiger partial charge in [-0.15, -0.1) is 0 Å². The van der Waals surface area contributed by atoms with Crippen LogP contribution in [-0.4, -0.2) is 22.9 Å². The van der Waals surface area contributed by atoms with E-state index in [-0.39, 0.29) is 0 Å². The highest BCUT2D eigenvalue weighted by Gasteiger charge is 2.30. The van der Waals surface area contributed by atoms with E-state index in [0.29, 0.717) is 24.4 Å². The fourth-order valence-electron chi connectivity index (χ4n) is 2.09. The number of hydrogen-bond donors (Lipinski definition) is 1. The lowest BCUT2D eigenvalue weighted by atomic mass is 9.95. The minimum atomic E-state index is -0.747. The molecule has 2 aromatic rings. The smallest absolute Gasteiger partial charge is 0.258 e. The zero-order valence-electron chi connectivity index (χ0n) is 11.9.